The van der Waals surface area contributed by atoms with Crippen molar-refractivity contribution >= 4 is 23.2 Å². The molecule has 1 amide bonds. The number of benzene rings is 1. The van der Waals surface area contributed by atoms with E-state index in [1.165, 1.54) is 16.2 Å². The molecule has 3 aromatic rings. The Morgan fingerprint density at radius 1 is 1.28 bits per heavy atom. The number of amides is 1. The van der Waals surface area contributed by atoms with E-state index in [0.29, 0.717) is 16.3 Å². The molecule has 0 bridgehead atoms. The van der Waals surface area contributed by atoms with Gasteiger partial charge in [-0.25, -0.2) is 19.8 Å². The van der Waals surface area contributed by atoms with Crippen LogP contribution in [0.1, 0.15) is 47.9 Å². The molecule has 1 aliphatic rings. The topological polar surface area (TPSA) is 104 Å². The molecule has 0 radical (unpaired) electrons. The molecule has 1 fully saturated rings. The van der Waals surface area contributed by atoms with Crippen molar-refractivity contribution in [1.29, 1.82) is 0 Å². The zero-order valence-electron chi connectivity index (χ0n) is 21.4. The molecule has 2 aromatic heterocycles. The predicted molar refractivity (Wildman–Crippen MR) is 136 cm³/mol. The quantitative estimate of drug-likeness (QED) is 0.515. The number of nitrogens with zero attached hydrogens (tertiary/aromatic N) is 6. The second-order valence-electron chi connectivity index (χ2n) is 10.1. The fraction of sp³-hybridized carbons (Fsp3) is 0.440. The van der Waals surface area contributed by atoms with Crippen molar-refractivity contribution in [3.8, 4) is 5.75 Å². The zero-order chi connectivity index (χ0) is 26.3. The third-order valence-electron chi connectivity index (χ3n) is 6.45. The summed E-state index contributed by atoms with van der Waals surface area (Å²) in [5.41, 5.74) is -0.514. The lowest BCUT2D eigenvalue weighted by Crippen LogP contribution is -2.58. The summed E-state index contributed by atoms with van der Waals surface area (Å²) in [6, 6.07) is 7.04. The van der Waals surface area contributed by atoms with Crippen molar-refractivity contribution in [3.05, 3.63) is 64.4 Å². The maximum absolute atomic E-state index is 14.3. The molecule has 0 saturated carbocycles. The summed E-state index contributed by atoms with van der Waals surface area (Å²) in [6.07, 6.45) is 4.23. The van der Waals surface area contributed by atoms with Gasteiger partial charge in [-0.05, 0) is 29.2 Å². The molecule has 1 N–H and O–H groups in total. The van der Waals surface area contributed by atoms with Gasteiger partial charge in [-0.2, -0.15) is 5.10 Å². The van der Waals surface area contributed by atoms with E-state index in [1.807, 2.05) is 35.6 Å². The van der Waals surface area contributed by atoms with Gasteiger partial charge in [0, 0.05) is 43.6 Å². The molecule has 1 aromatic carbocycles. The van der Waals surface area contributed by atoms with Gasteiger partial charge >= 0.3 is 5.97 Å². The first-order valence-electron chi connectivity index (χ1n) is 11.6. The van der Waals surface area contributed by atoms with Gasteiger partial charge in [0.05, 0.1) is 20.2 Å². The standard InChI is InChI=1S/C25H32N6O4S/c1-24(2,3)18-9-8-17(14-19(18)35-6)22(32)31-21(20-26-11-13-36-20)30(28(4)5)16-25(31,23(33)34)15-29-12-7-10-27-29/h7-14,21H,15-16H2,1-6H3,(H,33,34). The first-order valence-corrected chi connectivity index (χ1v) is 12.4. The molecule has 2 unspecified atom stereocenters. The number of ether oxygens (including phenoxy) is 1. The SMILES string of the molecule is COc1cc(C(=O)N2C(c3nccs3)N(N(C)C)CC2(Cn2cccn2)C(=O)O)ccc1C(C)(C)C. The van der Waals surface area contributed by atoms with E-state index in [0.717, 1.165) is 5.56 Å². The number of aliphatic carboxylic acids is 1. The van der Waals surface area contributed by atoms with Crippen LogP contribution in [-0.4, -0.2) is 80.0 Å². The first-order chi connectivity index (χ1) is 17.0. The lowest BCUT2D eigenvalue weighted by molar-refractivity contribution is -0.149. The van der Waals surface area contributed by atoms with Crippen molar-refractivity contribution < 1.29 is 19.4 Å². The molecular weight excluding hydrogens is 480 g/mol. The van der Waals surface area contributed by atoms with Crippen LogP contribution in [0.15, 0.2) is 48.2 Å². The third kappa shape index (κ3) is 4.49. The van der Waals surface area contributed by atoms with Gasteiger partial charge in [0.2, 0.25) is 0 Å². The number of methoxy groups -OCH3 is 1. The highest BCUT2D eigenvalue weighted by atomic mass is 32.1. The molecule has 1 aliphatic heterocycles. The number of rotatable bonds is 7. The van der Waals surface area contributed by atoms with E-state index in [9.17, 15) is 14.7 Å². The molecular formula is C25H32N6O4S. The van der Waals surface area contributed by atoms with Crippen LogP contribution in [0.25, 0.3) is 0 Å². The average molecular weight is 513 g/mol. The lowest BCUT2D eigenvalue weighted by atomic mass is 9.85. The van der Waals surface area contributed by atoms with Crippen LogP contribution >= 0.6 is 11.3 Å². The van der Waals surface area contributed by atoms with Crippen molar-refractivity contribution in [2.45, 2.75) is 44.4 Å². The fourth-order valence-corrected chi connectivity index (χ4v) is 5.40. The summed E-state index contributed by atoms with van der Waals surface area (Å²) in [5, 5.41) is 21.0. The Morgan fingerprint density at radius 2 is 2.03 bits per heavy atom. The summed E-state index contributed by atoms with van der Waals surface area (Å²) in [5.74, 6) is -0.959. The predicted octanol–water partition coefficient (Wildman–Crippen LogP) is 3.10. The minimum absolute atomic E-state index is 0.0233. The number of hydrazine groups is 1. The van der Waals surface area contributed by atoms with E-state index in [2.05, 4.69) is 30.9 Å². The van der Waals surface area contributed by atoms with Crippen LogP contribution in [0.5, 0.6) is 5.75 Å². The smallest absolute Gasteiger partial charge is 0.333 e. The Kier molecular flexibility index (Phi) is 6.91. The number of carbonyl (C=O) groups excluding carboxylic acids is 1. The minimum Gasteiger partial charge on any atom is -0.496 e. The number of hydrogen-bond donors (Lipinski definition) is 1. The zero-order valence-corrected chi connectivity index (χ0v) is 22.2. The minimum atomic E-state index is -1.61. The summed E-state index contributed by atoms with van der Waals surface area (Å²) in [6.45, 7) is 6.24. The molecule has 3 heterocycles. The van der Waals surface area contributed by atoms with Crippen molar-refractivity contribution in [1.82, 2.24) is 29.7 Å². The monoisotopic (exact) mass is 512 g/mol. The lowest BCUT2D eigenvalue weighted by Gasteiger charge is -2.37. The summed E-state index contributed by atoms with van der Waals surface area (Å²) < 4.78 is 7.19. The van der Waals surface area contributed by atoms with Crippen LogP contribution in [0.3, 0.4) is 0 Å². The van der Waals surface area contributed by atoms with E-state index in [-0.39, 0.29) is 18.5 Å². The highest BCUT2D eigenvalue weighted by Gasteiger charge is 2.60. The van der Waals surface area contributed by atoms with E-state index in [4.69, 9.17) is 4.74 Å². The van der Waals surface area contributed by atoms with Gasteiger partial charge in [0.15, 0.2) is 11.7 Å². The Hall–Kier alpha value is -3.28. The van der Waals surface area contributed by atoms with E-state index >= 15 is 0 Å². The molecule has 0 spiro atoms. The van der Waals surface area contributed by atoms with Gasteiger partial charge in [-0.3, -0.25) is 14.4 Å². The Morgan fingerprint density at radius 3 is 2.56 bits per heavy atom. The number of hydrogen-bond acceptors (Lipinski definition) is 8. The Bertz CT molecular complexity index is 1220. The normalized spacial score (nSPS) is 20.8. The number of carboxylic acids is 1. The summed E-state index contributed by atoms with van der Waals surface area (Å²) in [7, 11) is 5.23. The van der Waals surface area contributed by atoms with Gasteiger partial charge in [-0.15, -0.1) is 11.3 Å². The van der Waals surface area contributed by atoms with E-state index in [1.54, 1.807) is 48.6 Å². The number of aromatic nitrogens is 3. The van der Waals surface area contributed by atoms with Gasteiger partial charge in [0.1, 0.15) is 10.8 Å². The second kappa shape index (κ2) is 9.64. The molecule has 0 aliphatic carbocycles. The van der Waals surface area contributed by atoms with E-state index < -0.39 is 23.6 Å². The maximum Gasteiger partial charge on any atom is 0.333 e. The number of thiazole rings is 1. The van der Waals surface area contributed by atoms with Gasteiger partial charge in [0.25, 0.3) is 5.91 Å². The largest absolute Gasteiger partial charge is 0.496 e. The van der Waals surface area contributed by atoms with Crippen molar-refractivity contribution in [3.63, 3.8) is 0 Å². The van der Waals surface area contributed by atoms with Crippen molar-refractivity contribution in [2.75, 3.05) is 27.7 Å². The maximum atomic E-state index is 14.3. The first kappa shape index (κ1) is 25.8. The van der Waals surface area contributed by atoms with Crippen LogP contribution in [-0.2, 0) is 16.8 Å². The van der Waals surface area contributed by atoms with Crippen LogP contribution < -0.4 is 4.74 Å². The molecule has 2 atom stereocenters. The van der Waals surface area contributed by atoms with Crippen LogP contribution in [0.4, 0.5) is 0 Å². The third-order valence-corrected chi connectivity index (χ3v) is 7.27. The van der Waals surface area contributed by atoms with Crippen LogP contribution in [0.2, 0.25) is 0 Å². The van der Waals surface area contributed by atoms with Gasteiger partial charge in [-0.1, -0.05) is 26.8 Å². The fourth-order valence-electron chi connectivity index (χ4n) is 4.67. The number of carboxylic acid groups (broad SMARTS) is 1. The Labute approximate surface area is 214 Å². The molecule has 4 rings (SSSR count). The summed E-state index contributed by atoms with van der Waals surface area (Å²) in [4.78, 5) is 33.3. The highest BCUT2D eigenvalue weighted by Crippen LogP contribution is 2.43. The molecule has 192 valence electrons. The summed E-state index contributed by atoms with van der Waals surface area (Å²) >= 11 is 1.38. The number of carbonyl (C=O) groups is 2. The molecule has 36 heavy (non-hydrogen) atoms. The second-order valence-corrected chi connectivity index (χ2v) is 11.0. The molecule has 11 heteroatoms. The van der Waals surface area contributed by atoms with Crippen molar-refractivity contribution in [2.24, 2.45) is 0 Å². The molecule has 1 saturated heterocycles. The van der Waals surface area contributed by atoms with Gasteiger partial charge < -0.3 is 9.84 Å². The average Bonchev–Trinajstić information content (AvgIpc) is 3.58. The van der Waals surface area contributed by atoms with Crippen LogP contribution in [0, 0.1) is 0 Å². The molecule has 10 nitrogen and oxygen atoms in total. The Balaban J connectivity index is 1.90. The highest BCUT2D eigenvalue weighted by molar-refractivity contribution is 7.09.